The second-order valence-electron chi connectivity index (χ2n) is 4.95. The highest BCUT2D eigenvalue weighted by Gasteiger charge is 2.47. The molecule has 0 spiro atoms. The van der Waals surface area contributed by atoms with Gasteiger partial charge in [0.25, 0.3) is 0 Å². The Bertz CT molecular complexity index is 327. The zero-order valence-electron chi connectivity index (χ0n) is 9.86. The molecule has 6 nitrogen and oxygen atoms in total. The lowest BCUT2D eigenvalue weighted by Crippen LogP contribution is -2.53. The Hall–Kier alpha value is -1.14. The number of rotatable bonds is 3. The van der Waals surface area contributed by atoms with Crippen molar-refractivity contribution in [3.05, 3.63) is 0 Å². The van der Waals surface area contributed by atoms with E-state index < -0.39 is 17.4 Å². The smallest absolute Gasteiger partial charge is 0.313 e. The Labute approximate surface area is 99.7 Å². The molecule has 0 aromatic carbocycles. The number of nitrogens with one attached hydrogen (secondary N) is 2. The van der Waals surface area contributed by atoms with Crippen LogP contribution in [0.5, 0.6) is 0 Å². The second-order valence-corrected chi connectivity index (χ2v) is 4.95. The minimum absolute atomic E-state index is 0.120. The van der Waals surface area contributed by atoms with E-state index in [1.54, 1.807) is 6.92 Å². The highest BCUT2D eigenvalue weighted by molar-refractivity contribution is 5.84. The molecule has 2 rings (SSSR count). The van der Waals surface area contributed by atoms with Gasteiger partial charge in [0.05, 0.1) is 25.3 Å². The molecule has 2 unspecified atom stereocenters. The van der Waals surface area contributed by atoms with E-state index in [9.17, 15) is 14.7 Å². The molecule has 2 heterocycles. The van der Waals surface area contributed by atoms with Crippen molar-refractivity contribution in [1.29, 1.82) is 0 Å². The predicted octanol–water partition coefficient (Wildman–Crippen LogP) is -0.656. The van der Waals surface area contributed by atoms with E-state index in [-0.39, 0.29) is 25.2 Å². The Morgan fingerprint density at radius 2 is 2.29 bits per heavy atom. The first kappa shape index (κ1) is 12.3. The van der Waals surface area contributed by atoms with Crippen molar-refractivity contribution in [2.45, 2.75) is 31.8 Å². The van der Waals surface area contributed by atoms with E-state index in [0.29, 0.717) is 0 Å². The normalized spacial score (nSPS) is 37.0. The van der Waals surface area contributed by atoms with Gasteiger partial charge in [0, 0.05) is 0 Å². The van der Waals surface area contributed by atoms with Gasteiger partial charge in [-0.1, -0.05) is 0 Å². The van der Waals surface area contributed by atoms with E-state index in [1.165, 1.54) is 0 Å². The molecule has 2 saturated heterocycles. The number of ether oxygens (including phenoxy) is 1. The standard InChI is InChI=1S/C11H18N2O4/c1-11(10(15)16)6-17-5-8(11)13-9(14)7-3-2-4-12-7/h7-8,12H,2-6H2,1H3,(H,13,14)(H,15,16)/t7-,8?,11?/m0/s1. The van der Waals surface area contributed by atoms with E-state index in [4.69, 9.17) is 4.74 Å². The van der Waals surface area contributed by atoms with Crippen molar-refractivity contribution in [3.8, 4) is 0 Å². The van der Waals surface area contributed by atoms with E-state index in [1.807, 2.05) is 0 Å². The number of carbonyl (C=O) groups is 2. The molecule has 0 saturated carbocycles. The number of carbonyl (C=O) groups excluding carboxylic acids is 1. The zero-order chi connectivity index (χ0) is 12.5. The number of hydrogen-bond acceptors (Lipinski definition) is 4. The predicted molar refractivity (Wildman–Crippen MR) is 59.5 cm³/mol. The Kier molecular flexibility index (Phi) is 3.35. The Morgan fingerprint density at radius 1 is 1.53 bits per heavy atom. The number of aliphatic carboxylic acids is 1. The lowest BCUT2D eigenvalue weighted by atomic mass is 9.85. The molecule has 96 valence electrons. The molecular formula is C11H18N2O4. The van der Waals surface area contributed by atoms with Crippen LogP contribution in [0.4, 0.5) is 0 Å². The van der Waals surface area contributed by atoms with Crippen LogP contribution < -0.4 is 10.6 Å². The van der Waals surface area contributed by atoms with Gasteiger partial charge in [0.1, 0.15) is 5.41 Å². The van der Waals surface area contributed by atoms with Crippen LogP contribution in [0, 0.1) is 5.41 Å². The van der Waals surface area contributed by atoms with Gasteiger partial charge in [-0.2, -0.15) is 0 Å². The maximum Gasteiger partial charge on any atom is 0.313 e. The van der Waals surface area contributed by atoms with Gasteiger partial charge in [-0.05, 0) is 26.3 Å². The number of carboxylic acids is 1. The van der Waals surface area contributed by atoms with Crippen LogP contribution in [0.3, 0.4) is 0 Å². The fourth-order valence-corrected chi connectivity index (χ4v) is 2.27. The largest absolute Gasteiger partial charge is 0.481 e. The van der Waals surface area contributed by atoms with Crippen LogP contribution in [0.15, 0.2) is 0 Å². The Balaban J connectivity index is 1.98. The summed E-state index contributed by atoms with van der Waals surface area (Å²) < 4.78 is 5.18. The van der Waals surface area contributed by atoms with E-state index >= 15 is 0 Å². The summed E-state index contributed by atoms with van der Waals surface area (Å²) in [7, 11) is 0. The summed E-state index contributed by atoms with van der Waals surface area (Å²) in [5, 5.41) is 15.0. The summed E-state index contributed by atoms with van der Waals surface area (Å²) in [5.74, 6) is -1.05. The molecule has 3 atom stereocenters. The van der Waals surface area contributed by atoms with Gasteiger partial charge in [-0.25, -0.2) is 0 Å². The summed E-state index contributed by atoms with van der Waals surface area (Å²) in [6.07, 6.45) is 1.79. The molecule has 3 N–H and O–H groups in total. The van der Waals surface area contributed by atoms with Gasteiger partial charge >= 0.3 is 5.97 Å². The maximum absolute atomic E-state index is 11.9. The fraction of sp³-hybridized carbons (Fsp3) is 0.818. The third-order valence-electron chi connectivity index (χ3n) is 3.64. The first-order valence-electron chi connectivity index (χ1n) is 5.89. The molecule has 17 heavy (non-hydrogen) atoms. The van der Waals surface area contributed by atoms with Crippen molar-refractivity contribution in [2.24, 2.45) is 5.41 Å². The molecule has 1 amide bonds. The first-order valence-corrected chi connectivity index (χ1v) is 5.89. The summed E-state index contributed by atoms with van der Waals surface area (Å²) in [6.45, 7) is 2.86. The van der Waals surface area contributed by atoms with Gasteiger partial charge < -0.3 is 20.5 Å². The zero-order valence-corrected chi connectivity index (χ0v) is 9.86. The van der Waals surface area contributed by atoms with Crippen LogP contribution in [-0.4, -0.2) is 48.8 Å². The van der Waals surface area contributed by atoms with E-state index in [0.717, 1.165) is 19.4 Å². The fourth-order valence-electron chi connectivity index (χ4n) is 2.27. The molecule has 2 aliphatic rings. The average molecular weight is 242 g/mol. The van der Waals surface area contributed by atoms with Crippen molar-refractivity contribution in [3.63, 3.8) is 0 Å². The van der Waals surface area contributed by atoms with Gasteiger partial charge in [-0.15, -0.1) is 0 Å². The van der Waals surface area contributed by atoms with Gasteiger partial charge in [0.15, 0.2) is 0 Å². The van der Waals surface area contributed by atoms with Crippen molar-refractivity contribution >= 4 is 11.9 Å². The highest BCUT2D eigenvalue weighted by Crippen LogP contribution is 2.28. The molecule has 2 aliphatic heterocycles. The third kappa shape index (κ3) is 2.28. The van der Waals surface area contributed by atoms with E-state index in [2.05, 4.69) is 10.6 Å². The lowest BCUT2D eigenvalue weighted by Gasteiger charge is -2.26. The molecular weight excluding hydrogens is 224 g/mol. The number of hydrogen-bond donors (Lipinski definition) is 3. The van der Waals surface area contributed by atoms with Crippen molar-refractivity contribution in [2.75, 3.05) is 19.8 Å². The van der Waals surface area contributed by atoms with Crippen LogP contribution in [0.25, 0.3) is 0 Å². The average Bonchev–Trinajstić information content (AvgIpc) is 2.89. The highest BCUT2D eigenvalue weighted by atomic mass is 16.5. The first-order chi connectivity index (χ1) is 8.04. The lowest BCUT2D eigenvalue weighted by molar-refractivity contribution is -0.149. The minimum atomic E-state index is -1.02. The van der Waals surface area contributed by atoms with Crippen molar-refractivity contribution in [1.82, 2.24) is 10.6 Å². The monoisotopic (exact) mass is 242 g/mol. The summed E-state index contributed by atoms with van der Waals surface area (Å²) in [5.41, 5.74) is -1.02. The minimum Gasteiger partial charge on any atom is -0.481 e. The van der Waals surface area contributed by atoms with Crippen LogP contribution in [0.2, 0.25) is 0 Å². The molecule has 0 aliphatic carbocycles. The maximum atomic E-state index is 11.9. The summed E-state index contributed by atoms with van der Waals surface area (Å²) >= 11 is 0. The number of carboxylic acid groups (broad SMARTS) is 1. The van der Waals surface area contributed by atoms with Gasteiger partial charge in [-0.3, -0.25) is 9.59 Å². The number of amides is 1. The third-order valence-corrected chi connectivity index (χ3v) is 3.64. The molecule has 0 aromatic rings. The Morgan fingerprint density at radius 3 is 2.88 bits per heavy atom. The molecule has 6 heteroatoms. The quantitative estimate of drug-likeness (QED) is 0.612. The topological polar surface area (TPSA) is 87.7 Å². The second kappa shape index (κ2) is 4.62. The molecule has 0 bridgehead atoms. The van der Waals surface area contributed by atoms with Gasteiger partial charge in [0.2, 0.25) is 5.91 Å². The summed E-state index contributed by atoms with van der Waals surface area (Å²) in [6, 6.07) is -0.636. The molecule has 2 fully saturated rings. The molecule has 0 radical (unpaired) electrons. The SMILES string of the molecule is CC1(C(=O)O)COCC1NC(=O)[C@@H]1CCCN1. The van der Waals surface area contributed by atoms with Crippen LogP contribution >= 0.6 is 0 Å². The molecule has 0 aromatic heterocycles. The summed E-state index contributed by atoms with van der Waals surface area (Å²) in [4.78, 5) is 23.1. The van der Waals surface area contributed by atoms with Crippen LogP contribution in [-0.2, 0) is 14.3 Å². The van der Waals surface area contributed by atoms with Crippen molar-refractivity contribution < 1.29 is 19.4 Å². The van der Waals surface area contributed by atoms with Crippen LogP contribution in [0.1, 0.15) is 19.8 Å².